The lowest BCUT2D eigenvalue weighted by Crippen LogP contribution is -2.30. The van der Waals surface area contributed by atoms with Crippen LogP contribution in [0.2, 0.25) is 0 Å². The summed E-state index contributed by atoms with van der Waals surface area (Å²) in [6, 6.07) is 0. The zero-order valence-corrected chi connectivity index (χ0v) is 34.4. The molecule has 0 heterocycles. The number of esters is 3. The van der Waals surface area contributed by atoms with Gasteiger partial charge in [0.1, 0.15) is 13.2 Å². The van der Waals surface area contributed by atoms with Crippen LogP contribution in [-0.2, 0) is 28.6 Å². The van der Waals surface area contributed by atoms with Gasteiger partial charge >= 0.3 is 17.9 Å². The van der Waals surface area contributed by atoms with Gasteiger partial charge in [0.25, 0.3) is 0 Å². The van der Waals surface area contributed by atoms with Gasteiger partial charge in [0.15, 0.2) is 6.10 Å². The number of carbonyl (C=O) groups excluding carboxylic acids is 3. The standard InChI is InChI=1S/C49H72O6/c1-4-7-10-13-16-19-21-22-23-24-25-26-28-30-33-36-39-42-48(51)54-45-46(44-53-47(50)41-38-35-32-29-18-15-12-9-6-3)55-49(52)43-40-37-34-31-27-20-17-14-11-8-5-2/h7-13,16-26,28-29,31,34,46H,4-6,14-15,27,30,32-33,35-45H2,1-3H3/b10-7-,11-8-,12-9-,16-13-,20-17-,21-19-,23-22-,25-24+,28-26-,29-18-,34-31-. The van der Waals surface area contributed by atoms with E-state index in [4.69, 9.17) is 14.2 Å². The number of unbranched alkanes of at least 4 members (excludes halogenated alkanes) is 6. The van der Waals surface area contributed by atoms with E-state index in [1.54, 1.807) is 0 Å². The molecule has 1 atom stereocenters. The summed E-state index contributed by atoms with van der Waals surface area (Å²) in [5.41, 5.74) is 0. The van der Waals surface area contributed by atoms with Crippen molar-refractivity contribution in [3.63, 3.8) is 0 Å². The summed E-state index contributed by atoms with van der Waals surface area (Å²) in [5.74, 6) is -1.09. The van der Waals surface area contributed by atoms with Gasteiger partial charge in [-0.2, -0.15) is 0 Å². The van der Waals surface area contributed by atoms with E-state index in [0.717, 1.165) is 77.0 Å². The molecule has 0 aromatic heterocycles. The summed E-state index contributed by atoms with van der Waals surface area (Å²) >= 11 is 0. The molecule has 0 aromatic carbocycles. The summed E-state index contributed by atoms with van der Waals surface area (Å²) in [6.45, 7) is 6.07. The average Bonchev–Trinajstić information content (AvgIpc) is 3.18. The van der Waals surface area contributed by atoms with Crippen molar-refractivity contribution in [3.8, 4) is 0 Å². The number of hydrogen-bond acceptors (Lipinski definition) is 6. The zero-order valence-electron chi connectivity index (χ0n) is 34.4. The SMILES string of the molecule is CC\C=C/C=C\C=C/C=C\C=C\C=C/CCCCCC(=O)OCC(COC(=O)CCCC/C=C\C/C=C\CC)OC(=O)CCC/C=C\C/C=C\C/C=C\CC. The van der Waals surface area contributed by atoms with E-state index in [-0.39, 0.29) is 44.4 Å². The van der Waals surface area contributed by atoms with Crippen molar-refractivity contribution >= 4 is 17.9 Å². The van der Waals surface area contributed by atoms with Gasteiger partial charge in [0, 0.05) is 19.3 Å². The molecule has 0 fully saturated rings. The molecule has 0 aromatic rings. The highest BCUT2D eigenvalue weighted by Gasteiger charge is 2.19. The fourth-order valence-electron chi connectivity index (χ4n) is 4.77. The van der Waals surface area contributed by atoms with Gasteiger partial charge in [0.2, 0.25) is 0 Å². The van der Waals surface area contributed by atoms with Crippen LogP contribution >= 0.6 is 0 Å². The van der Waals surface area contributed by atoms with E-state index >= 15 is 0 Å². The minimum Gasteiger partial charge on any atom is -0.462 e. The van der Waals surface area contributed by atoms with E-state index in [2.05, 4.69) is 93.7 Å². The fraction of sp³-hybridized carbons (Fsp3) is 0.490. The van der Waals surface area contributed by atoms with Crippen LogP contribution in [0.5, 0.6) is 0 Å². The number of allylic oxidation sites excluding steroid dienone is 22. The first-order chi connectivity index (χ1) is 27.0. The van der Waals surface area contributed by atoms with Crippen molar-refractivity contribution in [2.45, 2.75) is 142 Å². The predicted octanol–water partition coefficient (Wildman–Crippen LogP) is 13.2. The van der Waals surface area contributed by atoms with Crippen LogP contribution in [0.3, 0.4) is 0 Å². The van der Waals surface area contributed by atoms with Crippen molar-refractivity contribution in [3.05, 3.63) is 134 Å². The van der Waals surface area contributed by atoms with E-state index in [1.807, 2.05) is 60.8 Å². The lowest BCUT2D eigenvalue weighted by Gasteiger charge is -2.18. The molecular weight excluding hydrogens is 685 g/mol. The third kappa shape index (κ3) is 40.6. The summed E-state index contributed by atoms with van der Waals surface area (Å²) in [5, 5.41) is 0. The lowest BCUT2D eigenvalue weighted by atomic mass is 10.1. The Morgan fingerprint density at radius 3 is 1.29 bits per heavy atom. The minimum absolute atomic E-state index is 0.136. The van der Waals surface area contributed by atoms with Gasteiger partial charge < -0.3 is 14.2 Å². The highest BCUT2D eigenvalue weighted by molar-refractivity contribution is 5.71. The van der Waals surface area contributed by atoms with Crippen LogP contribution in [0.1, 0.15) is 136 Å². The van der Waals surface area contributed by atoms with Gasteiger partial charge in [-0.05, 0) is 89.9 Å². The smallest absolute Gasteiger partial charge is 0.306 e. The summed E-state index contributed by atoms with van der Waals surface area (Å²) in [7, 11) is 0. The van der Waals surface area contributed by atoms with Crippen molar-refractivity contribution in [1.82, 2.24) is 0 Å². The molecule has 0 spiro atoms. The first kappa shape index (κ1) is 50.5. The second-order valence-corrected chi connectivity index (χ2v) is 12.9. The first-order valence-electron chi connectivity index (χ1n) is 20.8. The van der Waals surface area contributed by atoms with Gasteiger partial charge in [-0.15, -0.1) is 0 Å². The number of ether oxygens (including phenoxy) is 3. The Labute approximate surface area is 334 Å². The normalized spacial score (nSPS) is 13.4. The lowest BCUT2D eigenvalue weighted by molar-refractivity contribution is -0.167. The third-order valence-corrected chi connectivity index (χ3v) is 7.79. The quantitative estimate of drug-likeness (QED) is 0.0214. The zero-order chi connectivity index (χ0) is 40.1. The molecule has 0 saturated heterocycles. The molecule has 0 rings (SSSR count). The topological polar surface area (TPSA) is 78.9 Å². The van der Waals surface area contributed by atoms with Crippen LogP contribution in [-0.4, -0.2) is 37.2 Å². The average molecular weight is 757 g/mol. The van der Waals surface area contributed by atoms with E-state index in [9.17, 15) is 14.4 Å². The largest absolute Gasteiger partial charge is 0.462 e. The Balaban J connectivity index is 4.59. The third-order valence-electron chi connectivity index (χ3n) is 7.79. The van der Waals surface area contributed by atoms with Crippen molar-refractivity contribution in [1.29, 1.82) is 0 Å². The van der Waals surface area contributed by atoms with Crippen LogP contribution in [0.15, 0.2) is 134 Å². The van der Waals surface area contributed by atoms with E-state index < -0.39 is 12.1 Å². The summed E-state index contributed by atoms with van der Waals surface area (Å²) < 4.78 is 16.5. The molecule has 304 valence electrons. The van der Waals surface area contributed by atoms with E-state index in [1.165, 1.54) is 0 Å². The summed E-state index contributed by atoms with van der Waals surface area (Å²) in [6.07, 6.45) is 58.8. The van der Waals surface area contributed by atoms with E-state index in [0.29, 0.717) is 19.3 Å². The fourth-order valence-corrected chi connectivity index (χ4v) is 4.77. The maximum Gasteiger partial charge on any atom is 0.306 e. The molecule has 0 bridgehead atoms. The number of carbonyl (C=O) groups is 3. The Kier molecular flexibility index (Phi) is 38.9. The molecule has 0 aliphatic carbocycles. The second-order valence-electron chi connectivity index (χ2n) is 12.9. The van der Waals surface area contributed by atoms with Crippen LogP contribution in [0.4, 0.5) is 0 Å². The minimum atomic E-state index is -0.837. The Hall–Kier alpha value is -4.45. The van der Waals surface area contributed by atoms with Gasteiger partial charge in [-0.1, -0.05) is 161 Å². The van der Waals surface area contributed by atoms with Crippen molar-refractivity contribution in [2.24, 2.45) is 0 Å². The highest BCUT2D eigenvalue weighted by atomic mass is 16.6. The molecule has 0 saturated carbocycles. The van der Waals surface area contributed by atoms with Gasteiger partial charge in [-0.3, -0.25) is 14.4 Å². The van der Waals surface area contributed by atoms with Crippen molar-refractivity contribution < 1.29 is 28.6 Å². The molecule has 55 heavy (non-hydrogen) atoms. The van der Waals surface area contributed by atoms with Crippen LogP contribution in [0.25, 0.3) is 0 Å². The molecule has 0 N–H and O–H groups in total. The maximum atomic E-state index is 12.6. The molecule has 0 amide bonds. The molecule has 0 aliphatic rings. The number of rotatable bonds is 34. The summed E-state index contributed by atoms with van der Waals surface area (Å²) in [4.78, 5) is 37.5. The van der Waals surface area contributed by atoms with Gasteiger partial charge in [0.05, 0.1) is 0 Å². The molecule has 0 radical (unpaired) electrons. The van der Waals surface area contributed by atoms with Crippen LogP contribution in [0, 0.1) is 0 Å². The number of hydrogen-bond donors (Lipinski definition) is 0. The Morgan fingerprint density at radius 2 is 0.764 bits per heavy atom. The highest BCUT2D eigenvalue weighted by Crippen LogP contribution is 2.09. The molecule has 6 heteroatoms. The second kappa shape index (κ2) is 42.3. The molecule has 6 nitrogen and oxygen atoms in total. The molecule has 0 aliphatic heterocycles. The Morgan fingerprint density at radius 1 is 0.382 bits per heavy atom. The van der Waals surface area contributed by atoms with Gasteiger partial charge in [-0.25, -0.2) is 0 Å². The Bertz CT molecular complexity index is 1280. The maximum absolute atomic E-state index is 12.6. The molecule has 1 unspecified atom stereocenters. The molecular formula is C49H72O6. The first-order valence-corrected chi connectivity index (χ1v) is 20.8. The van der Waals surface area contributed by atoms with Crippen molar-refractivity contribution in [2.75, 3.05) is 13.2 Å². The predicted molar refractivity (Wildman–Crippen MR) is 232 cm³/mol. The monoisotopic (exact) mass is 757 g/mol. The van der Waals surface area contributed by atoms with Crippen LogP contribution < -0.4 is 0 Å².